The molecule has 0 atom stereocenters. The van der Waals surface area contributed by atoms with Gasteiger partial charge in [-0.05, 0) is 6.07 Å². The zero-order valence-electron chi connectivity index (χ0n) is 3.44. The minimum Gasteiger partial charge on any atom is -0.267 e. The third-order valence-corrected chi connectivity index (χ3v) is 1.06. The zero-order chi connectivity index (χ0) is 5.28. The van der Waals surface area contributed by atoms with Gasteiger partial charge in [-0.2, -0.15) is 0 Å². The lowest BCUT2D eigenvalue weighted by molar-refractivity contribution is 1.27. The molecule has 0 saturated carbocycles. The lowest BCUT2D eigenvalue weighted by atomic mass is 10.7. The second-order valence-electron chi connectivity index (χ2n) is 1.17. The summed E-state index contributed by atoms with van der Waals surface area (Å²) in [6, 6.07) is 1.72. The summed E-state index contributed by atoms with van der Waals surface area (Å²) in [6.45, 7) is 0. The molecule has 1 aromatic rings. The van der Waals surface area contributed by atoms with Crippen molar-refractivity contribution in [1.82, 2.24) is 4.09 Å². The fourth-order valence-corrected chi connectivity index (χ4v) is 0.719. The van der Waals surface area contributed by atoms with Crippen LogP contribution < -0.4 is 0 Å². The maximum absolute atomic E-state index is 5.46. The average Bonchev–Trinajstić information content (AvgIpc) is 1.87. The Morgan fingerprint density at radius 2 is 2.29 bits per heavy atom. The topological polar surface area (TPSA) is 4.93 Å². The van der Waals surface area contributed by atoms with Crippen LogP contribution in [0.5, 0.6) is 0 Å². The van der Waals surface area contributed by atoms with E-state index in [1.807, 2.05) is 0 Å². The molecule has 1 nitrogen and oxygen atoms in total. The van der Waals surface area contributed by atoms with E-state index in [2.05, 4.69) is 0 Å². The third kappa shape index (κ3) is 1.11. The number of hydrogen-bond acceptors (Lipinski definition) is 0. The Morgan fingerprint density at radius 1 is 1.57 bits per heavy atom. The van der Waals surface area contributed by atoms with E-state index >= 15 is 0 Å². The number of aromatic nitrogens is 1. The standard InChI is InChI=1S/C4H3Cl2N/c5-4-1-2-7(6)3-4/h1-3H. The van der Waals surface area contributed by atoms with Crippen LogP contribution in [0.25, 0.3) is 0 Å². The van der Waals surface area contributed by atoms with Crippen LogP contribution in [-0.4, -0.2) is 4.09 Å². The molecule has 3 heteroatoms. The van der Waals surface area contributed by atoms with Gasteiger partial charge >= 0.3 is 0 Å². The average molecular weight is 136 g/mol. The Hall–Kier alpha value is -0.140. The smallest absolute Gasteiger partial charge is 0.0597 e. The maximum atomic E-state index is 5.46. The van der Waals surface area contributed by atoms with Gasteiger partial charge in [0.2, 0.25) is 0 Å². The second-order valence-corrected chi connectivity index (χ2v) is 2.00. The Labute approximate surface area is 51.6 Å². The molecular formula is C4H3Cl2N. The van der Waals surface area contributed by atoms with Gasteiger partial charge in [0.15, 0.2) is 0 Å². The van der Waals surface area contributed by atoms with Gasteiger partial charge in [0.1, 0.15) is 0 Å². The van der Waals surface area contributed by atoms with Gasteiger partial charge < -0.3 is 0 Å². The molecule has 0 fully saturated rings. The van der Waals surface area contributed by atoms with E-state index in [4.69, 9.17) is 23.4 Å². The number of rotatable bonds is 0. The minimum absolute atomic E-state index is 0.662. The second kappa shape index (κ2) is 1.76. The SMILES string of the molecule is Clc1ccn(Cl)c1. The number of halogens is 2. The Kier molecular flexibility index (Phi) is 1.26. The Bertz CT molecular complexity index is 142. The van der Waals surface area contributed by atoms with Gasteiger partial charge in [-0.1, -0.05) is 11.6 Å². The van der Waals surface area contributed by atoms with Gasteiger partial charge in [-0.3, -0.25) is 4.09 Å². The highest BCUT2D eigenvalue weighted by molar-refractivity contribution is 6.31. The van der Waals surface area contributed by atoms with Crippen molar-refractivity contribution in [2.75, 3.05) is 0 Å². The van der Waals surface area contributed by atoms with E-state index in [0.29, 0.717) is 5.02 Å². The minimum atomic E-state index is 0.662. The van der Waals surface area contributed by atoms with Crippen LogP contribution in [0.1, 0.15) is 0 Å². The molecule has 0 bridgehead atoms. The van der Waals surface area contributed by atoms with Crippen LogP contribution in [0.3, 0.4) is 0 Å². The molecule has 1 aromatic heterocycles. The van der Waals surface area contributed by atoms with Crippen LogP contribution in [0, 0.1) is 0 Å². The summed E-state index contributed by atoms with van der Waals surface area (Å²) in [4.78, 5) is 0. The van der Waals surface area contributed by atoms with Crippen molar-refractivity contribution in [2.24, 2.45) is 0 Å². The molecule has 1 rings (SSSR count). The van der Waals surface area contributed by atoms with Crippen LogP contribution in [-0.2, 0) is 0 Å². The van der Waals surface area contributed by atoms with Crippen molar-refractivity contribution in [2.45, 2.75) is 0 Å². The molecule has 0 N–H and O–H groups in total. The first-order valence-corrected chi connectivity index (χ1v) is 2.50. The van der Waals surface area contributed by atoms with E-state index in [0.717, 1.165) is 0 Å². The number of nitrogens with zero attached hydrogens (tertiary/aromatic N) is 1. The van der Waals surface area contributed by atoms with Crippen molar-refractivity contribution >= 4 is 23.4 Å². The normalized spacial score (nSPS) is 9.43. The van der Waals surface area contributed by atoms with Gasteiger partial charge in [0.25, 0.3) is 0 Å². The molecule has 0 spiro atoms. The van der Waals surface area contributed by atoms with Gasteiger partial charge in [-0.15, -0.1) is 0 Å². The molecule has 0 aliphatic rings. The first kappa shape index (κ1) is 5.01. The summed E-state index contributed by atoms with van der Waals surface area (Å²) in [5.74, 6) is 0. The maximum Gasteiger partial charge on any atom is 0.0597 e. The van der Waals surface area contributed by atoms with E-state index in [1.165, 1.54) is 4.09 Å². The van der Waals surface area contributed by atoms with Gasteiger partial charge in [0, 0.05) is 24.2 Å². The zero-order valence-corrected chi connectivity index (χ0v) is 4.95. The molecule has 0 aliphatic heterocycles. The van der Waals surface area contributed by atoms with E-state index in [-0.39, 0.29) is 0 Å². The predicted octanol–water partition coefficient (Wildman–Crippen LogP) is 2.14. The summed E-state index contributed by atoms with van der Waals surface area (Å²) in [5.41, 5.74) is 0. The highest BCUT2D eigenvalue weighted by Crippen LogP contribution is 2.07. The van der Waals surface area contributed by atoms with Crippen molar-refractivity contribution in [3.05, 3.63) is 23.5 Å². The van der Waals surface area contributed by atoms with Crippen LogP contribution in [0.4, 0.5) is 0 Å². The van der Waals surface area contributed by atoms with E-state index in [1.54, 1.807) is 18.5 Å². The first-order valence-electron chi connectivity index (χ1n) is 1.79. The fraction of sp³-hybridized carbons (Fsp3) is 0. The van der Waals surface area contributed by atoms with Crippen LogP contribution in [0.15, 0.2) is 18.5 Å². The van der Waals surface area contributed by atoms with Crippen molar-refractivity contribution in [1.29, 1.82) is 0 Å². The fourth-order valence-electron chi connectivity index (χ4n) is 0.346. The van der Waals surface area contributed by atoms with Crippen molar-refractivity contribution in [3.63, 3.8) is 0 Å². The third-order valence-electron chi connectivity index (χ3n) is 0.623. The Morgan fingerprint density at radius 3 is 2.43 bits per heavy atom. The molecule has 1 heterocycles. The molecule has 7 heavy (non-hydrogen) atoms. The summed E-state index contributed by atoms with van der Waals surface area (Å²) < 4.78 is 1.38. The summed E-state index contributed by atoms with van der Waals surface area (Å²) in [5, 5.41) is 0.662. The quantitative estimate of drug-likeness (QED) is 0.514. The van der Waals surface area contributed by atoms with E-state index < -0.39 is 0 Å². The molecule has 38 valence electrons. The Balaban J connectivity index is 3.04. The molecular weight excluding hydrogens is 133 g/mol. The van der Waals surface area contributed by atoms with Crippen LogP contribution >= 0.6 is 23.4 Å². The summed E-state index contributed by atoms with van der Waals surface area (Å²) >= 11 is 10.8. The highest BCUT2D eigenvalue weighted by Gasteiger charge is 1.84. The predicted molar refractivity (Wildman–Crippen MR) is 30.7 cm³/mol. The molecule has 0 unspecified atom stereocenters. The van der Waals surface area contributed by atoms with Gasteiger partial charge in [-0.25, -0.2) is 0 Å². The van der Waals surface area contributed by atoms with Crippen molar-refractivity contribution in [3.8, 4) is 0 Å². The number of hydrogen-bond donors (Lipinski definition) is 0. The molecule has 0 saturated heterocycles. The summed E-state index contributed by atoms with van der Waals surface area (Å²) in [6.07, 6.45) is 3.28. The highest BCUT2D eigenvalue weighted by atomic mass is 35.5. The molecule has 0 amide bonds. The monoisotopic (exact) mass is 135 g/mol. The molecule has 0 radical (unpaired) electrons. The summed E-state index contributed by atoms with van der Waals surface area (Å²) in [7, 11) is 0. The lowest BCUT2D eigenvalue weighted by Crippen LogP contribution is -1.63. The van der Waals surface area contributed by atoms with E-state index in [9.17, 15) is 0 Å². The lowest BCUT2D eigenvalue weighted by Gasteiger charge is -1.75. The van der Waals surface area contributed by atoms with Gasteiger partial charge in [0.05, 0.1) is 5.02 Å². The first-order chi connectivity index (χ1) is 3.29. The largest absolute Gasteiger partial charge is 0.267 e. The molecule has 0 aromatic carbocycles. The van der Waals surface area contributed by atoms with Crippen LogP contribution in [0.2, 0.25) is 5.02 Å². The van der Waals surface area contributed by atoms with Crippen molar-refractivity contribution < 1.29 is 0 Å². The molecule has 0 aliphatic carbocycles.